The van der Waals surface area contributed by atoms with Crippen molar-refractivity contribution in [3.8, 4) is 11.4 Å². The van der Waals surface area contributed by atoms with Gasteiger partial charge < -0.3 is 9.42 Å². The van der Waals surface area contributed by atoms with Gasteiger partial charge in [-0.3, -0.25) is 4.79 Å². The molecule has 0 saturated heterocycles. The van der Waals surface area contributed by atoms with E-state index in [9.17, 15) is 4.79 Å². The van der Waals surface area contributed by atoms with Crippen LogP contribution in [0.2, 0.25) is 0 Å². The molecule has 0 unspecified atom stereocenters. The molecule has 0 aliphatic heterocycles. The summed E-state index contributed by atoms with van der Waals surface area (Å²) in [7, 11) is 0. The van der Waals surface area contributed by atoms with E-state index < -0.39 is 0 Å². The molecular formula is C21H19N3O2. The quantitative estimate of drug-likeness (QED) is 0.480. The summed E-state index contributed by atoms with van der Waals surface area (Å²) in [5.41, 5.74) is 1.83. The predicted molar refractivity (Wildman–Crippen MR) is 101 cm³/mol. The van der Waals surface area contributed by atoms with Crippen LogP contribution in [0.3, 0.4) is 0 Å². The predicted octanol–water partition coefficient (Wildman–Crippen LogP) is 3.96. The van der Waals surface area contributed by atoms with Crippen molar-refractivity contribution in [1.29, 1.82) is 0 Å². The second kappa shape index (κ2) is 8.58. The summed E-state index contributed by atoms with van der Waals surface area (Å²) in [4.78, 5) is 18.5. The first-order valence-corrected chi connectivity index (χ1v) is 8.27. The highest BCUT2D eigenvalue weighted by Gasteiger charge is 2.15. The van der Waals surface area contributed by atoms with E-state index in [2.05, 4.69) is 16.7 Å². The fourth-order valence-corrected chi connectivity index (χ4v) is 2.41. The van der Waals surface area contributed by atoms with Crippen LogP contribution in [-0.4, -0.2) is 27.5 Å². The minimum absolute atomic E-state index is 0.145. The van der Waals surface area contributed by atoms with Gasteiger partial charge in [0.1, 0.15) is 6.54 Å². The van der Waals surface area contributed by atoms with Gasteiger partial charge in [-0.05, 0) is 11.6 Å². The summed E-state index contributed by atoms with van der Waals surface area (Å²) >= 11 is 0. The van der Waals surface area contributed by atoms with Crippen LogP contribution in [0.1, 0.15) is 11.5 Å². The Labute approximate surface area is 152 Å². The standard InChI is InChI=1S/C21H19N3O2/c1-2-15-24(20(25)14-13-17-9-5-3-6-10-17)16-19-22-21(23-26-19)18-11-7-4-8-12-18/h2-14H,1,15-16H2/b14-13+. The molecule has 2 aromatic carbocycles. The molecule has 0 bridgehead atoms. The Balaban J connectivity index is 1.70. The average molecular weight is 345 g/mol. The molecule has 0 radical (unpaired) electrons. The van der Waals surface area contributed by atoms with Crippen molar-refractivity contribution in [3.63, 3.8) is 0 Å². The monoisotopic (exact) mass is 345 g/mol. The molecule has 1 heterocycles. The Morgan fingerprint density at radius 2 is 1.77 bits per heavy atom. The molecule has 0 fully saturated rings. The van der Waals surface area contributed by atoms with Crippen molar-refractivity contribution in [2.24, 2.45) is 0 Å². The smallest absolute Gasteiger partial charge is 0.247 e. The second-order valence-electron chi connectivity index (χ2n) is 5.63. The Morgan fingerprint density at radius 1 is 1.08 bits per heavy atom. The average Bonchev–Trinajstić information content (AvgIpc) is 3.16. The summed E-state index contributed by atoms with van der Waals surface area (Å²) < 4.78 is 5.30. The second-order valence-corrected chi connectivity index (χ2v) is 5.63. The minimum Gasteiger partial charge on any atom is -0.337 e. The van der Waals surface area contributed by atoms with Crippen LogP contribution in [0.15, 0.2) is 83.9 Å². The number of carbonyl (C=O) groups is 1. The molecule has 0 spiro atoms. The van der Waals surface area contributed by atoms with Crippen molar-refractivity contribution in [2.75, 3.05) is 6.54 Å². The zero-order valence-corrected chi connectivity index (χ0v) is 14.3. The van der Waals surface area contributed by atoms with Crippen LogP contribution in [0.4, 0.5) is 0 Å². The summed E-state index contributed by atoms with van der Waals surface area (Å²) in [6.45, 7) is 4.33. The van der Waals surface area contributed by atoms with Crippen molar-refractivity contribution >= 4 is 12.0 Å². The lowest BCUT2D eigenvalue weighted by Gasteiger charge is -2.16. The Morgan fingerprint density at radius 3 is 2.46 bits per heavy atom. The Bertz CT molecular complexity index is 886. The van der Waals surface area contributed by atoms with Crippen LogP contribution in [0.5, 0.6) is 0 Å². The van der Waals surface area contributed by atoms with E-state index in [0.717, 1.165) is 11.1 Å². The summed E-state index contributed by atoms with van der Waals surface area (Å²) in [5.74, 6) is 0.742. The molecule has 26 heavy (non-hydrogen) atoms. The molecule has 0 aliphatic rings. The lowest BCUT2D eigenvalue weighted by molar-refractivity contribution is -0.126. The van der Waals surface area contributed by atoms with Gasteiger partial charge in [0.25, 0.3) is 0 Å². The van der Waals surface area contributed by atoms with Crippen molar-refractivity contribution in [3.05, 3.63) is 90.8 Å². The lowest BCUT2D eigenvalue weighted by atomic mass is 10.2. The van der Waals surface area contributed by atoms with Gasteiger partial charge in [-0.15, -0.1) is 6.58 Å². The van der Waals surface area contributed by atoms with Crippen molar-refractivity contribution < 1.29 is 9.32 Å². The number of hydrogen-bond acceptors (Lipinski definition) is 4. The molecule has 0 atom stereocenters. The fourth-order valence-electron chi connectivity index (χ4n) is 2.41. The van der Waals surface area contributed by atoms with Gasteiger partial charge in [0.15, 0.2) is 0 Å². The molecule has 5 nitrogen and oxygen atoms in total. The molecule has 0 saturated carbocycles. The summed E-state index contributed by atoms with van der Waals surface area (Å²) in [6.07, 6.45) is 4.98. The number of nitrogens with zero attached hydrogens (tertiary/aromatic N) is 3. The number of hydrogen-bond donors (Lipinski definition) is 0. The van der Waals surface area contributed by atoms with Crippen molar-refractivity contribution in [1.82, 2.24) is 15.0 Å². The van der Waals surface area contributed by atoms with E-state index in [-0.39, 0.29) is 12.5 Å². The van der Waals surface area contributed by atoms with Gasteiger partial charge in [0.2, 0.25) is 17.6 Å². The lowest BCUT2D eigenvalue weighted by Crippen LogP contribution is -2.29. The number of amides is 1. The van der Waals surface area contributed by atoms with Crippen LogP contribution in [0.25, 0.3) is 17.5 Å². The molecule has 130 valence electrons. The van der Waals surface area contributed by atoms with Gasteiger partial charge in [-0.2, -0.15) is 4.98 Å². The highest BCUT2D eigenvalue weighted by atomic mass is 16.5. The molecule has 0 N–H and O–H groups in total. The maximum Gasteiger partial charge on any atom is 0.247 e. The van der Waals surface area contributed by atoms with E-state index in [1.54, 1.807) is 17.1 Å². The Kier molecular flexibility index (Phi) is 5.72. The maximum atomic E-state index is 12.5. The van der Waals surface area contributed by atoms with E-state index in [4.69, 9.17) is 4.52 Å². The van der Waals surface area contributed by atoms with E-state index in [1.165, 1.54) is 6.08 Å². The molecular weight excluding hydrogens is 326 g/mol. The zero-order valence-electron chi connectivity index (χ0n) is 14.3. The summed E-state index contributed by atoms with van der Waals surface area (Å²) in [6, 6.07) is 19.2. The number of aromatic nitrogens is 2. The SMILES string of the molecule is C=CCN(Cc1nc(-c2ccccc2)no1)C(=O)/C=C/c1ccccc1. The number of benzene rings is 2. The minimum atomic E-state index is -0.145. The number of carbonyl (C=O) groups excluding carboxylic acids is 1. The third kappa shape index (κ3) is 4.54. The van der Waals surface area contributed by atoms with Gasteiger partial charge in [0, 0.05) is 18.2 Å². The van der Waals surface area contributed by atoms with Crippen LogP contribution < -0.4 is 0 Å². The van der Waals surface area contributed by atoms with E-state index in [0.29, 0.717) is 18.3 Å². The summed E-state index contributed by atoms with van der Waals surface area (Å²) in [5, 5.41) is 3.98. The van der Waals surface area contributed by atoms with Crippen LogP contribution in [-0.2, 0) is 11.3 Å². The fraction of sp³-hybridized carbons (Fsp3) is 0.0952. The maximum absolute atomic E-state index is 12.5. The molecule has 1 amide bonds. The topological polar surface area (TPSA) is 59.2 Å². The van der Waals surface area contributed by atoms with E-state index >= 15 is 0 Å². The zero-order chi connectivity index (χ0) is 18.2. The third-order valence-electron chi connectivity index (χ3n) is 3.71. The van der Waals surface area contributed by atoms with E-state index in [1.807, 2.05) is 60.7 Å². The molecule has 3 aromatic rings. The van der Waals surface area contributed by atoms with Crippen LogP contribution >= 0.6 is 0 Å². The largest absolute Gasteiger partial charge is 0.337 e. The first-order valence-electron chi connectivity index (χ1n) is 8.27. The molecule has 5 heteroatoms. The van der Waals surface area contributed by atoms with Gasteiger partial charge in [0.05, 0.1) is 0 Å². The van der Waals surface area contributed by atoms with Crippen molar-refractivity contribution in [2.45, 2.75) is 6.54 Å². The number of rotatable bonds is 7. The first-order chi connectivity index (χ1) is 12.8. The first kappa shape index (κ1) is 17.4. The van der Waals surface area contributed by atoms with Gasteiger partial charge in [-0.1, -0.05) is 71.9 Å². The Hall–Kier alpha value is -3.47. The highest BCUT2D eigenvalue weighted by Crippen LogP contribution is 2.15. The van der Waals surface area contributed by atoms with Gasteiger partial charge in [-0.25, -0.2) is 0 Å². The molecule has 3 rings (SSSR count). The highest BCUT2D eigenvalue weighted by molar-refractivity contribution is 5.91. The third-order valence-corrected chi connectivity index (χ3v) is 3.71. The molecule has 1 aromatic heterocycles. The molecule has 0 aliphatic carbocycles. The van der Waals surface area contributed by atoms with Crippen LogP contribution in [0, 0.1) is 0 Å². The normalized spacial score (nSPS) is 10.8. The van der Waals surface area contributed by atoms with Gasteiger partial charge >= 0.3 is 0 Å².